The van der Waals surface area contributed by atoms with Gasteiger partial charge in [-0.05, 0) is 61.4 Å². The van der Waals surface area contributed by atoms with Crippen molar-refractivity contribution in [1.82, 2.24) is 0 Å². The molecular formula is C20H22N2O4. The number of ether oxygens (including phenoxy) is 1. The first-order chi connectivity index (χ1) is 12.5. The van der Waals surface area contributed by atoms with E-state index in [1.165, 1.54) is 0 Å². The van der Waals surface area contributed by atoms with Gasteiger partial charge in [0.25, 0.3) is 0 Å². The minimum Gasteiger partial charge on any atom is -0.481 e. The van der Waals surface area contributed by atoms with E-state index in [4.69, 9.17) is 10.5 Å². The van der Waals surface area contributed by atoms with Crippen molar-refractivity contribution >= 4 is 23.3 Å². The Morgan fingerprint density at radius 2 is 1.46 bits per heavy atom. The van der Waals surface area contributed by atoms with Crippen LogP contribution in [0.25, 0.3) is 0 Å². The number of nitrogens with two attached hydrogens (primary N) is 1. The maximum absolute atomic E-state index is 12.5. The monoisotopic (exact) mass is 354 g/mol. The summed E-state index contributed by atoms with van der Waals surface area (Å²) in [4.78, 5) is 23.8. The van der Waals surface area contributed by atoms with E-state index in [9.17, 15) is 14.7 Å². The fourth-order valence-corrected chi connectivity index (χ4v) is 3.25. The summed E-state index contributed by atoms with van der Waals surface area (Å²) in [6, 6.07) is 14.1. The molecular weight excluding hydrogens is 332 g/mol. The SMILES string of the molecule is Nc1ccc(Oc2ccc(NC(=O)[C@@H]3CCCC[C@@H]3C(=O)O)cc2)cc1. The molecule has 1 amide bonds. The van der Waals surface area contributed by atoms with Gasteiger partial charge in [0.2, 0.25) is 5.91 Å². The van der Waals surface area contributed by atoms with Crippen LogP contribution in [-0.2, 0) is 9.59 Å². The van der Waals surface area contributed by atoms with E-state index in [0.717, 1.165) is 12.8 Å². The number of amides is 1. The molecule has 136 valence electrons. The lowest BCUT2D eigenvalue weighted by molar-refractivity contribution is -0.147. The van der Waals surface area contributed by atoms with Crippen LogP contribution in [-0.4, -0.2) is 17.0 Å². The summed E-state index contributed by atoms with van der Waals surface area (Å²) in [7, 11) is 0. The first-order valence-electron chi connectivity index (χ1n) is 8.70. The lowest BCUT2D eigenvalue weighted by Gasteiger charge is -2.27. The number of carboxylic acid groups (broad SMARTS) is 1. The zero-order valence-corrected chi connectivity index (χ0v) is 14.4. The van der Waals surface area contributed by atoms with Crippen molar-refractivity contribution in [3.05, 3.63) is 48.5 Å². The predicted octanol–water partition coefficient (Wildman–Crippen LogP) is 3.89. The Hall–Kier alpha value is -3.02. The molecule has 0 saturated heterocycles. The van der Waals surface area contributed by atoms with Crippen LogP contribution >= 0.6 is 0 Å². The third-order valence-corrected chi connectivity index (χ3v) is 4.66. The van der Waals surface area contributed by atoms with E-state index in [-0.39, 0.29) is 5.91 Å². The highest BCUT2D eigenvalue weighted by Gasteiger charge is 2.35. The lowest BCUT2D eigenvalue weighted by Crippen LogP contribution is -2.36. The van der Waals surface area contributed by atoms with Crippen LogP contribution in [0.5, 0.6) is 11.5 Å². The Kier molecular flexibility index (Phi) is 5.41. The average Bonchev–Trinajstić information content (AvgIpc) is 2.65. The van der Waals surface area contributed by atoms with Crippen LogP contribution in [0, 0.1) is 11.8 Å². The highest BCUT2D eigenvalue weighted by Crippen LogP contribution is 2.31. The molecule has 2 atom stereocenters. The number of carbonyl (C=O) groups excluding carboxylic acids is 1. The lowest BCUT2D eigenvalue weighted by atomic mass is 9.78. The van der Waals surface area contributed by atoms with E-state index in [0.29, 0.717) is 35.7 Å². The molecule has 6 heteroatoms. The van der Waals surface area contributed by atoms with Gasteiger partial charge in [0.15, 0.2) is 0 Å². The number of anilines is 2. The highest BCUT2D eigenvalue weighted by molar-refractivity contribution is 5.95. The van der Waals surface area contributed by atoms with Crippen LogP contribution in [0.4, 0.5) is 11.4 Å². The number of benzene rings is 2. The molecule has 0 aromatic heterocycles. The van der Waals surface area contributed by atoms with Crippen LogP contribution < -0.4 is 15.8 Å². The number of carboxylic acids is 1. The van der Waals surface area contributed by atoms with Crippen molar-refractivity contribution in [3.63, 3.8) is 0 Å². The number of nitrogen functional groups attached to an aromatic ring is 1. The molecule has 2 aromatic carbocycles. The number of hydrogen-bond acceptors (Lipinski definition) is 4. The molecule has 1 saturated carbocycles. The second kappa shape index (κ2) is 7.91. The van der Waals surface area contributed by atoms with E-state index in [1.54, 1.807) is 48.5 Å². The molecule has 0 unspecified atom stereocenters. The molecule has 0 heterocycles. The zero-order chi connectivity index (χ0) is 18.5. The van der Waals surface area contributed by atoms with Gasteiger partial charge >= 0.3 is 5.97 Å². The predicted molar refractivity (Wildman–Crippen MR) is 99.1 cm³/mol. The number of hydrogen-bond donors (Lipinski definition) is 3. The van der Waals surface area contributed by atoms with Crippen LogP contribution in [0.1, 0.15) is 25.7 Å². The minimum atomic E-state index is -0.892. The molecule has 6 nitrogen and oxygen atoms in total. The number of aliphatic carboxylic acids is 1. The van der Waals surface area contributed by atoms with E-state index >= 15 is 0 Å². The van der Waals surface area contributed by atoms with E-state index in [2.05, 4.69) is 5.32 Å². The fraction of sp³-hybridized carbons (Fsp3) is 0.300. The maximum atomic E-state index is 12.5. The van der Waals surface area contributed by atoms with Crippen molar-refractivity contribution in [2.75, 3.05) is 11.1 Å². The summed E-state index contributed by atoms with van der Waals surface area (Å²) >= 11 is 0. The maximum Gasteiger partial charge on any atom is 0.307 e. The van der Waals surface area contributed by atoms with Crippen molar-refractivity contribution in [2.24, 2.45) is 11.8 Å². The van der Waals surface area contributed by atoms with Crippen LogP contribution in [0.2, 0.25) is 0 Å². The third kappa shape index (κ3) is 4.33. The Morgan fingerprint density at radius 1 is 0.923 bits per heavy atom. The Labute approximate surface area is 152 Å². The molecule has 1 aliphatic carbocycles. The number of nitrogens with one attached hydrogen (secondary N) is 1. The largest absolute Gasteiger partial charge is 0.481 e. The highest BCUT2D eigenvalue weighted by atomic mass is 16.5. The second-order valence-corrected chi connectivity index (χ2v) is 6.52. The second-order valence-electron chi connectivity index (χ2n) is 6.52. The molecule has 1 aliphatic rings. The van der Waals surface area contributed by atoms with Crippen LogP contribution in [0.3, 0.4) is 0 Å². The summed E-state index contributed by atoms with van der Waals surface area (Å²) in [6.07, 6.45) is 2.91. The standard InChI is InChI=1S/C20H22N2O4/c21-13-5-9-15(10-6-13)26-16-11-7-14(8-12-16)22-19(23)17-3-1-2-4-18(17)20(24)25/h5-12,17-18H,1-4,21H2,(H,22,23)(H,24,25)/t17-,18+/m1/s1. The molecule has 0 radical (unpaired) electrons. The van der Waals surface area contributed by atoms with Gasteiger partial charge in [-0.25, -0.2) is 0 Å². The molecule has 0 bridgehead atoms. The smallest absolute Gasteiger partial charge is 0.307 e. The average molecular weight is 354 g/mol. The van der Waals surface area contributed by atoms with Crippen molar-refractivity contribution < 1.29 is 19.4 Å². The minimum absolute atomic E-state index is 0.232. The van der Waals surface area contributed by atoms with Crippen molar-refractivity contribution in [1.29, 1.82) is 0 Å². The Morgan fingerprint density at radius 3 is 2.04 bits per heavy atom. The quantitative estimate of drug-likeness (QED) is 0.707. The van der Waals surface area contributed by atoms with Gasteiger partial charge in [0, 0.05) is 11.4 Å². The molecule has 0 spiro atoms. The number of carbonyl (C=O) groups is 2. The van der Waals surface area contributed by atoms with Gasteiger partial charge in [-0.2, -0.15) is 0 Å². The summed E-state index contributed by atoms with van der Waals surface area (Å²) in [5.74, 6) is -0.901. The summed E-state index contributed by atoms with van der Waals surface area (Å²) in [5, 5.41) is 12.1. The van der Waals surface area contributed by atoms with Crippen molar-refractivity contribution in [3.8, 4) is 11.5 Å². The van der Waals surface area contributed by atoms with Gasteiger partial charge in [-0.3, -0.25) is 9.59 Å². The number of rotatable bonds is 5. The first-order valence-corrected chi connectivity index (χ1v) is 8.70. The van der Waals surface area contributed by atoms with E-state index < -0.39 is 17.8 Å². The Balaban J connectivity index is 1.62. The Bertz CT molecular complexity index is 771. The topological polar surface area (TPSA) is 102 Å². The summed E-state index contributed by atoms with van der Waals surface area (Å²) in [5.41, 5.74) is 6.93. The molecule has 0 aliphatic heterocycles. The molecule has 4 N–H and O–H groups in total. The van der Waals surface area contributed by atoms with Crippen LogP contribution in [0.15, 0.2) is 48.5 Å². The zero-order valence-electron chi connectivity index (χ0n) is 14.4. The van der Waals surface area contributed by atoms with Gasteiger partial charge in [0.1, 0.15) is 11.5 Å². The normalized spacial score (nSPS) is 19.5. The van der Waals surface area contributed by atoms with E-state index in [1.807, 2.05) is 0 Å². The molecule has 1 fully saturated rings. The van der Waals surface area contributed by atoms with Gasteiger partial charge in [0.05, 0.1) is 11.8 Å². The third-order valence-electron chi connectivity index (χ3n) is 4.66. The molecule has 2 aromatic rings. The summed E-state index contributed by atoms with van der Waals surface area (Å²) in [6.45, 7) is 0. The van der Waals surface area contributed by atoms with Gasteiger partial charge < -0.3 is 20.9 Å². The molecule has 26 heavy (non-hydrogen) atoms. The van der Waals surface area contributed by atoms with Crippen molar-refractivity contribution in [2.45, 2.75) is 25.7 Å². The fourth-order valence-electron chi connectivity index (χ4n) is 3.25. The summed E-state index contributed by atoms with van der Waals surface area (Å²) < 4.78 is 5.71. The first kappa shape index (κ1) is 17.8. The van der Waals surface area contributed by atoms with Gasteiger partial charge in [-0.15, -0.1) is 0 Å². The van der Waals surface area contributed by atoms with Gasteiger partial charge in [-0.1, -0.05) is 12.8 Å². The molecule has 3 rings (SSSR count).